The number of carbonyl (C=O) groups is 1. The summed E-state index contributed by atoms with van der Waals surface area (Å²) in [4.78, 5) is 14.6. The molecule has 0 aliphatic carbocycles. The van der Waals surface area contributed by atoms with Crippen molar-refractivity contribution in [3.05, 3.63) is 18.0 Å². The minimum atomic E-state index is -1.10. The summed E-state index contributed by atoms with van der Waals surface area (Å²) >= 11 is 0. The molecule has 1 aromatic heterocycles. The average molecular weight is 308 g/mol. The van der Waals surface area contributed by atoms with Gasteiger partial charge in [-0.1, -0.05) is 13.8 Å². The lowest BCUT2D eigenvalue weighted by Gasteiger charge is -2.23. The third-order valence-corrected chi connectivity index (χ3v) is 4.20. The van der Waals surface area contributed by atoms with Gasteiger partial charge in [0.1, 0.15) is 5.60 Å². The summed E-state index contributed by atoms with van der Waals surface area (Å²) in [5.41, 5.74) is -0.386. The largest absolute Gasteiger partial charge is 0.383 e. The van der Waals surface area contributed by atoms with Crippen LogP contribution in [-0.4, -0.2) is 51.9 Å². The molecule has 1 aliphatic rings. The Morgan fingerprint density at radius 2 is 2.32 bits per heavy atom. The molecule has 1 aliphatic heterocycles. The standard InChI is InChI=1S/C16H28N4O2/c1-12(2)8-20-6-5-13(9-20)15(21)17-11-16(3,22)14-7-18-19(4)10-14/h7,10,12-13,22H,5-6,8-9,11H2,1-4H3,(H,17,21). The van der Waals surface area contributed by atoms with Crippen molar-refractivity contribution in [1.29, 1.82) is 0 Å². The summed E-state index contributed by atoms with van der Waals surface area (Å²) in [6.45, 7) is 9.13. The summed E-state index contributed by atoms with van der Waals surface area (Å²) in [6, 6.07) is 0. The van der Waals surface area contributed by atoms with Crippen molar-refractivity contribution in [1.82, 2.24) is 20.0 Å². The fourth-order valence-corrected chi connectivity index (χ4v) is 2.93. The predicted molar refractivity (Wildman–Crippen MR) is 85.2 cm³/mol. The Kier molecular flexibility index (Phi) is 5.24. The minimum Gasteiger partial charge on any atom is -0.383 e. The van der Waals surface area contributed by atoms with Gasteiger partial charge in [0.05, 0.1) is 18.7 Å². The van der Waals surface area contributed by atoms with Gasteiger partial charge in [0.15, 0.2) is 0 Å². The Hall–Kier alpha value is -1.40. The van der Waals surface area contributed by atoms with Gasteiger partial charge in [0.2, 0.25) is 5.91 Å². The molecule has 6 heteroatoms. The molecule has 0 spiro atoms. The van der Waals surface area contributed by atoms with Crippen LogP contribution in [0.25, 0.3) is 0 Å². The molecule has 124 valence electrons. The number of aromatic nitrogens is 2. The van der Waals surface area contributed by atoms with Gasteiger partial charge < -0.3 is 15.3 Å². The van der Waals surface area contributed by atoms with E-state index in [-0.39, 0.29) is 18.4 Å². The van der Waals surface area contributed by atoms with E-state index in [1.807, 2.05) is 0 Å². The third kappa shape index (κ3) is 4.30. The zero-order chi connectivity index (χ0) is 16.3. The number of hydrogen-bond acceptors (Lipinski definition) is 4. The molecule has 0 saturated carbocycles. The highest BCUT2D eigenvalue weighted by molar-refractivity contribution is 5.79. The van der Waals surface area contributed by atoms with Crippen molar-refractivity contribution in [2.75, 3.05) is 26.2 Å². The van der Waals surface area contributed by atoms with E-state index in [9.17, 15) is 9.90 Å². The lowest BCUT2D eigenvalue weighted by molar-refractivity contribution is -0.125. The molecule has 6 nitrogen and oxygen atoms in total. The molecule has 0 bridgehead atoms. The minimum absolute atomic E-state index is 0.0310. The average Bonchev–Trinajstić information content (AvgIpc) is 3.05. The third-order valence-electron chi connectivity index (χ3n) is 4.20. The number of nitrogens with zero attached hydrogens (tertiary/aromatic N) is 3. The zero-order valence-corrected chi connectivity index (χ0v) is 14.0. The van der Waals surface area contributed by atoms with Crippen LogP contribution in [0.3, 0.4) is 0 Å². The molecular weight excluding hydrogens is 280 g/mol. The van der Waals surface area contributed by atoms with Gasteiger partial charge in [-0.2, -0.15) is 5.10 Å². The maximum atomic E-state index is 12.3. The number of aryl methyl sites for hydroxylation is 1. The number of hydrogen-bond donors (Lipinski definition) is 2. The maximum Gasteiger partial charge on any atom is 0.224 e. The number of rotatable bonds is 6. The van der Waals surface area contributed by atoms with E-state index in [0.717, 1.165) is 26.1 Å². The van der Waals surface area contributed by atoms with Gasteiger partial charge in [-0.25, -0.2) is 0 Å². The van der Waals surface area contributed by atoms with E-state index in [0.29, 0.717) is 11.5 Å². The van der Waals surface area contributed by atoms with Crippen molar-refractivity contribution in [3.8, 4) is 0 Å². The highest BCUT2D eigenvalue weighted by Crippen LogP contribution is 2.20. The van der Waals surface area contributed by atoms with Crippen LogP contribution >= 0.6 is 0 Å². The second-order valence-corrected chi connectivity index (χ2v) is 7.03. The SMILES string of the molecule is CC(C)CN1CCC(C(=O)NCC(C)(O)c2cnn(C)c2)C1. The fourth-order valence-electron chi connectivity index (χ4n) is 2.93. The number of likely N-dealkylation sites (tertiary alicyclic amines) is 1. The molecule has 1 fully saturated rings. The van der Waals surface area contributed by atoms with Crippen molar-refractivity contribution >= 4 is 5.91 Å². The van der Waals surface area contributed by atoms with E-state index >= 15 is 0 Å². The highest BCUT2D eigenvalue weighted by Gasteiger charge is 2.31. The molecule has 0 radical (unpaired) electrons. The van der Waals surface area contributed by atoms with Crippen LogP contribution in [0.1, 0.15) is 32.8 Å². The molecule has 22 heavy (non-hydrogen) atoms. The van der Waals surface area contributed by atoms with Crippen molar-refractivity contribution < 1.29 is 9.90 Å². The van der Waals surface area contributed by atoms with Crippen molar-refractivity contribution in [3.63, 3.8) is 0 Å². The van der Waals surface area contributed by atoms with Crippen LogP contribution < -0.4 is 5.32 Å². The zero-order valence-electron chi connectivity index (χ0n) is 14.0. The van der Waals surface area contributed by atoms with Gasteiger partial charge in [-0.15, -0.1) is 0 Å². The van der Waals surface area contributed by atoms with Gasteiger partial charge in [0, 0.05) is 31.9 Å². The van der Waals surface area contributed by atoms with Gasteiger partial charge in [-0.05, 0) is 25.8 Å². The first-order chi connectivity index (χ1) is 10.3. The first-order valence-corrected chi connectivity index (χ1v) is 7.99. The van der Waals surface area contributed by atoms with Crippen LogP contribution in [0.5, 0.6) is 0 Å². The van der Waals surface area contributed by atoms with Crippen LogP contribution in [0.15, 0.2) is 12.4 Å². The van der Waals surface area contributed by atoms with E-state index < -0.39 is 5.60 Å². The molecule has 2 heterocycles. The number of amides is 1. The predicted octanol–water partition coefficient (Wildman–Crippen LogP) is 0.722. The monoisotopic (exact) mass is 308 g/mol. The first kappa shape index (κ1) is 17.0. The van der Waals surface area contributed by atoms with E-state index in [2.05, 4.69) is 29.2 Å². The van der Waals surface area contributed by atoms with Crippen LogP contribution in [0.2, 0.25) is 0 Å². The van der Waals surface area contributed by atoms with E-state index in [1.165, 1.54) is 0 Å². The van der Waals surface area contributed by atoms with Gasteiger partial charge >= 0.3 is 0 Å². The Bertz CT molecular complexity index is 510. The highest BCUT2D eigenvalue weighted by atomic mass is 16.3. The summed E-state index contributed by atoms with van der Waals surface area (Å²) < 4.78 is 1.65. The molecule has 2 unspecified atom stereocenters. The normalized spacial score (nSPS) is 22.0. The van der Waals surface area contributed by atoms with Crippen LogP contribution in [0, 0.1) is 11.8 Å². The van der Waals surface area contributed by atoms with Gasteiger partial charge in [0.25, 0.3) is 0 Å². The van der Waals surface area contributed by atoms with Crippen molar-refractivity contribution in [2.24, 2.45) is 18.9 Å². The number of carbonyl (C=O) groups excluding carboxylic acids is 1. The van der Waals surface area contributed by atoms with Crippen molar-refractivity contribution in [2.45, 2.75) is 32.8 Å². The van der Waals surface area contributed by atoms with Crippen LogP contribution in [0.4, 0.5) is 0 Å². The lowest BCUT2D eigenvalue weighted by Crippen LogP contribution is -2.41. The second kappa shape index (κ2) is 6.79. The lowest BCUT2D eigenvalue weighted by atomic mass is 9.99. The first-order valence-electron chi connectivity index (χ1n) is 7.99. The molecule has 1 amide bonds. The molecule has 1 saturated heterocycles. The van der Waals surface area contributed by atoms with Crippen LogP contribution in [-0.2, 0) is 17.4 Å². The maximum absolute atomic E-state index is 12.3. The fraction of sp³-hybridized carbons (Fsp3) is 0.750. The van der Waals surface area contributed by atoms with E-state index in [1.54, 1.807) is 31.0 Å². The quantitative estimate of drug-likeness (QED) is 0.812. The Morgan fingerprint density at radius 1 is 1.59 bits per heavy atom. The Balaban J connectivity index is 1.83. The topological polar surface area (TPSA) is 70.4 Å². The summed E-state index contributed by atoms with van der Waals surface area (Å²) in [5, 5.41) is 17.4. The number of aliphatic hydroxyl groups is 1. The number of nitrogens with one attached hydrogen (secondary N) is 1. The Morgan fingerprint density at radius 3 is 2.91 bits per heavy atom. The van der Waals surface area contributed by atoms with E-state index in [4.69, 9.17) is 0 Å². The molecule has 2 atom stereocenters. The molecule has 0 aromatic carbocycles. The molecular formula is C16H28N4O2. The second-order valence-electron chi connectivity index (χ2n) is 7.03. The summed E-state index contributed by atoms with van der Waals surface area (Å²) in [7, 11) is 1.81. The van der Waals surface area contributed by atoms with Gasteiger partial charge in [-0.3, -0.25) is 9.48 Å². The molecule has 2 rings (SSSR count). The smallest absolute Gasteiger partial charge is 0.224 e. The molecule has 1 aromatic rings. The Labute approximate surface area is 132 Å². The molecule has 2 N–H and O–H groups in total. The summed E-state index contributed by atoms with van der Waals surface area (Å²) in [5.74, 6) is 0.687. The summed E-state index contributed by atoms with van der Waals surface area (Å²) in [6.07, 6.45) is 4.30.